The third-order valence-electron chi connectivity index (χ3n) is 2.42. The number of primary amides is 1. The molecule has 1 fully saturated rings. The minimum absolute atomic E-state index is 0.174. The zero-order chi connectivity index (χ0) is 9.84. The van der Waals surface area contributed by atoms with Crippen molar-refractivity contribution in [1.82, 2.24) is 10.2 Å². The molecule has 0 aromatic rings. The number of nitrogens with two attached hydrogens (primary N) is 1. The lowest BCUT2D eigenvalue weighted by molar-refractivity contribution is -0.00935. The summed E-state index contributed by atoms with van der Waals surface area (Å²) in [7, 11) is 1.57. The Morgan fingerprint density at radius 1 is 1.77 bits per heavy atom. The zero-order valence-corrected chi connectivity index (χ0v) is 8.12. The summed E-state index contributed by atoms with van der Waals surface area (Å²) >= 11 is 0. The Hall–Kier alpha value is -0.810. The van der Waals surface area contributed by atoms with Crippen molar-refractivity contribution in [3.8, 4) is 0 Å². The molecule has 1 rings (SSSR count). The highest BCUT2D eigenvalue weighted by Crippen LogP contribution is 2.12. The molecule has 2 amide bonds. The second-order valence-electron chi connectivity index (χ2n) is 3.23. The highest BCUT2D eigenvalue weighted by Gasteiger charge is 2.28. The van der Waals surface area contributed by atoms with Crippen LogP contribution < -0.4 is 11.1 Å². The largest absolute Gasteiger partial charge is 0.362 e. The van der Waals surface area contributed by atoms with Gasteiger partial charge in [-0.15, -0.1) is 0 Å². The van der Waals surface area contributed by atoms with Gasteiger partial charge in [0, 0.05) is 19.7 Å². The van der Waals surface area contributed by atoms with E-state index in [0.29, 0.717) is 0 Å². The molecule has 0 radical (unpaired) electrons. The van der Waals surface area contributed by atoms with Crippen LogP contribution in [0.5, 0.6) is 0 Å². The lowest BCUT2D eigenvalue weighted by atomic mass is 10.2. The highest BCUT2D eigenvalue weighted by molar-refractivity contribution is 5.72. The fourth-order valence-electron chi connectivity index (χ4n) is 1.65. The van der Waals surface area contributed by atoms with E-state index in [2.05, 4.69) is 5.32 Å². The third-order valence-corrected chi connectivity index (χ3v) is 2.42. The number of nitrogens with zero attached hydrogens (tertiary/aromatic N) is 1. The standard InChI is InChI=1S/C8H17N3O2/c1-6(13-2)11(8(9)12)7-3-4-10-5-7/h6-7,10H,3-5H2,1-2H3,(H2,9,12). The molecule has 5 heteroatoms. The average Bonchev–Trinajstić information content (AvgIpc) is 2.56. The Morgan fingerprint density at radius 2 is 2.46 bits per heavy atom. The van der Waals surface area contributed by atoms with Gasteiger partial charge in [-0.05, 0) is 19.9 Å². The first kappa shape index (κ1) is 10.3. The summed E-state index contributed by atoms with van der Waals surface area (Å²) in [4.78, 5) is 12.7. The van der Waals surface area contributed by atoms with Crippen LogP contribution in [0.1, 0.15) is 13.3 Å². The number of methoxy groups -OCH3 is 1. The first-order valence-electron chi connectivity index (χ1n) is 4.48. The molecule has 0 aliphatic carbocycles. The van der Waals surface area contributed by atoms with Crippen LogP contribution in [0.4, 0.5) is 4.79 Å². The summed E-state index contributed by atoms with van der Waals surface area (Å²) in [5, 5.41) is 3.18. The molecule has 5 nitrogen and oxygen atoms in total. The second kappa shape index (κ2) is 4.43. The van der Waals surface area contributed by atoms with E-state index < -0.39 is 6.03 Å². The van der Waals surface area contributed by atoms with Crippen molar-refractivity contribution in [2.24, 2.45) is 5.73 Å². The molecule has 0 aromatic heterocycles. The molecule has 76 valence electrons. The van der Waals surface area contributed by atoms with E-state index in [4.69, 9.17) is 10.5 Å². The number of ether oxygens (including phenoxy) is 1. The van der Waals surface area contributed by atoms with Crippen LogP contribution >= 0.6 is 0 Å². The maximum atomic E-state index is 11.1. The van der Waals surface area contributed by atoms with E-state index >= 15 is 0 Å². The van der Waals surface area contributed by atoms with Gasteiger partial charge in [0.1, 0.15) is 6.23 Å². The quantitative estimate of drug-likeness (QED) is 0.597. The van der Waals surface area contributed by atoms with Crippen LogP contribution in [0.3, 0.4) is 0 Å². The molecule has 0 spiro atoms. The lowest BCUT2D eigenvalue weighted by Crippen LogP contribution is -2.50. The van der Waals surface area contributed by atoms with Crippen molar-refractivity contribution in [2.45, 2.75) is 25.6 Å². The van der Waals surface area contributed by atoms with Crippen LogP contribution in [0.25, 0.3) is 0 Å². The van der Waals surface area contributed by atoms with Crippen LogP contribution in [-0.2, 0) is 4.74 Å². The monoisotopic (exact) mass is 187 g/mol. The molecular weight excluding hydrogens is 170 g/mol. The first-order chi connectivity index (χ1) is 6.16. The van der Waals surface area contributed by atoms with Crippen LogP contribution in [0.15, 0.2) is 0 Å². The first-order valence-corrected chi connectivity index (χ1v) is 4.48. The van der Waals surface area contributed by atoms with Gasteiger partial charge >= 0.3 is 6.03 Å². The fourth-order valence-corrected chi connectivity index (χ4v) is 1.65. The van der Waals surface area contributed by atoms with Crippen molar-refractivity contribution in [1.29, 1.82) is 0 Å². The van der Waals surface area contributed by atoms with Crippen molar-refractivity contribution in [3.05, 3.63) is 0 Å². The van der Waals surface area contributed by atoms with Crippen LogP contribution in [-0.4, -0.2) is 43.4 Å². The SMILES string of the molecule is COC(C)N(C(N)=O)C1CCNC1. The number of rotatable bonds is 3. The van der Waals surface area contributed by atoms with Gasteiger partial charge in [0.25, 0.3) is 0 Å². The van der Waals surface area contributed by atoms with E-state index in [1.165, 1.54) is 0 Å². The topological polar surface area (TPSA) is 67.6 Å². The minimum Gasteiger partial charge on any atom is -0.362 e. The van der Waals surface area contributed by atoms with Gasteiger partial charge < -0.3 is 15.8 Å². The summed E-state index contributed by atoms with van der Waals surface area (Å²) in [6.07, 6.45) is 0.693. The summed E-state index contributed by atoms with van der Waals surface area (Å²) in [6, 6.07) is -0.240. The van der Waals surface area contributed by atoms with E-state index in [0.717, 1.165) is 19.5 Å². The molecule has 2 unspecified atom stereocenters. The zero-order valence-electron chi connectivity index (χ0n) is 8.12. The lowest BCUT2D eigenvalue weighted by Gasteiger charge is -2.31. The molecule has 0 aromatic carbocycles. The molecule has 13 heavy (non-hydrogen) atoms. The van der Waals surface area contributed by atoms with Gasteiger partial charge in [0.2, 0.25) is 0 Å². The maximum Gasteiger partial charge on any atom is 0.317 e. The van der Waals surface area contributed by atoms with Crippen LogP contribution in [0.2, 0.25) is 0 Å². The fraction of sp³-hybridized carbons (Fsp3) is 0.875. The molecule has 1 saturated heterocycles. The summed E-state index contributed by atoms with van der Waals surface area (Å²) < 4.78 is 5.08. The molecular formula is C8H17N3O2. The van der Waals surface area contributed by atoms with Gasteiger partial charge in [-0.3, -0.25) is 4.90 Å². The highest BCUT2D eigenvalue weighted by atomic mass is 16.5. The number of carbonyl (C=O) groups excluding carboxylic acids is 1. The number of amides is 2. The molecule has 0 saturated carbocycles. The van der Waals surface area contributed by atoms with E-state index in [1.807, 2.05) is 6.92 Å². The molecule has 3 N–H and O–H groups in total. The van der Waals surface area contributed by atoms with Crippen molar-refractivity contribution in [2.75, 3.05) is 20.2 Å². The normalized spacial score (nSPS) is 24.3. The van der Waals surface area contributed by atoms with Crippen molar-refractivity contribution in [3.63, 3.8) is 0 Å². The Kier molecular flexibility index (Phi) is 3.50. The van der Waals surface area contributed by atoms with E-state index in [-0.39, 0.29) is 12.3 Å². The van der Waals surface area contributed by atoms with Crippen LogP contribution in [0, 0.1) is 0 Å². The average molecular weight is 187 g/mol. The van der Waals surface area contributed by atoms with Gasteiger partial charge in [-0.1, -0.05) is 0 Å². The van der Waals surface area contributed by atoms with Crippen molar-refractivity contribution < 1.29 is 9.53 Å². The molecule has 1 aliphatic rings. The second-order valence-corrected chi connectivity index (χ2v) is 3.23. The van der Waals surface area contributed by atoms with Crippen molar-refractivity contribution >= 4 is 6.03 Å². The molecule has 1 heterocycles. The number of hydrogen-bond acceptors (Lipinski definition) is 3. The maximum absolute atomic E-state index is 11.1. The number of urea groups is 1. The molecule has 0 bridgehead atoms. The molecule has 2 atom stereocenters. The number of carbonyl (C=O) groups is 1. The van der Waals surface area contributed by atoms with Gasteiger partial charge in [0.15, 0.2) is 0 Å². The number of nitrogens with one attached hydrogen (secondary N) is 1. The number of hydrogen-bond donors (Lipinski definition) is 2. The van der Waals surface area contributed by atoms with Gasteiger partial charge in [0.05, 0.1) is 0 Å². The van der Waals surface area contributed by atoms with Gasteiger partial charge in [-0.2, -0.15) is 0 Å². The Balaban J connectivity index is 2.60. The summed E-state index contributed by atoms with van der Waals surface area (Å²) in [5.41, 5.74) is 5.27. The summed E-state index contributed by atoms with van der Waals surface area (Å²) in [5.74, 6) is 0. The smallest absolute Gasteiger partial charge is 0.317 e. The molecule has 1 aliphatic heterocycles. The predicted octanol–water partition coefficient (Wildman–Crippen LogP) is -0.279. The predicted molar refractivity (Wildman–Crippen MR) is 49.2 cm³/mol. The summed E-state index contributed by atoms with van der Waals surface area (Å²) in [6.45, 7) is 3.56. The Labute approximate surface area is 78.2 Å². The van der Waals surface area contributed by atoms with Gasteiger partial charge in [-0.25, -0.2) is 4.79 Å². The Morgan fingerprint density at radius 3 is 2.85 bits per heavy atom. The van der Waals surface area contributed by atoms with E-state index in [9.17, 15) is 4.79 Å². The van der Waals surface area contributed by atoms with E-state index in [1.54, 1.807) is 12.0 Å². The minimum atomic E-state index is -0.414. The Bertz CT molecular complexity index is 180. The third kappa shape index (κ3) is 2.32.